The molecular formula is C42H48N4O4. The number of rotatable bonds is 9. The van der Waals surface area contributed by atoms with Gasteiger partial charge in [0, 0.05) is 88.9 Å². The van der Waals surface area contributed by atoms with Gasteiger partial charge >= 0.3 is 0 Å². The van der Waals surface area contributed by atoms with Gasteiger partial charge in [-0.05, 0) is 102 Å². The number of allylic oxidation sites excluding steroid dienone is 2. The SMILES string of the molecule is CC(C)(C)NCCCCCNC(=O)c1ccc(C2=c3cc4[n+]5c(c3Oc3c2cc2c6c3CCCN6CCC2)CCCC=5C=CC4)c(C(=O)[O-])c1. The summed E-state index contributed by atoms with van der Waals surface area (Å²) in [5, 5.41) is 20.4. The second-order valence-electron chi connectivity index (χ2n) is 15.6. The van der Waals surface area contributed by atoms with Crippen molar-refractivity contribution in [1.29, 1.82) is 0 Å². The molecule has 260 valence electrons. The van der Waals surface area contributed by atoms with E-state index in [0.29, 0.717) is 17.7 Å². The summed E-state index contributed by atoms with van der Waals surface area (Å²) in [5.41, 5.74) is 10.3. The number of anilines is 1. The Morgan fingerprint density at radius 2 is 1.74 bits per heavy atom. The zero-order valence-corrected chi connectivity index (χ0v) is 29.7. The summed E-state index contributed by atoms with van der Waals surface area (Å²) in [7, 11) is 0. The van der Waals surface area contributed by atoms with Crippen molar-refractivity contribution in [2.45, 2.75) is 96.9 Å². The van der Waals surface area contributed by atoms with Gasteiger partial charge in [-0.15, -0.1) is 0 Å². The number of aryl methyl sites for hydroxylation is 1. The summed E-state index contributed by atoms with van der Waals surface area (Å²) in [6.45, 7) is 10.0. The van der Waals surface area contributed by atoms with Gasteiger partial charge in [0.15, 0.2) is 11.4 Å². The van der Waals surface area contributed by atoms with Crippen LogP contribution in [0.3, 0.4) is 0 Å². The van der Waals surface area contributed by atoms with Crippen LogP contribution < -0.4 is 34.8 Å². The minimum absolute atomic E-state index is 0.0267. The van der Waals surface area contributed by atoms with Gasteiger partial charge in [-0.1, -0.05) is 18.6 Å². The second kappa shape index (κ2) is 13.0. The number of carbonyl (C=O) groups excluding carboxylic acids is 2. The zero-order chi connectivity index (χ0) is 34.6. The van der Waals surface area contributed by atoms with Crippen LogP contribution >= 0.6 is 0 Å². The van der Waals surface area contributed by atoms with Crippen molar-refractivity contribution in [1.82, 2.24) is 10.6 Å². The van der Waals surface area contributed by atoms with Crippen molar-refractivity contribution in [2.24, 2.45) is 0 Å². The molecule has 8 rings (SSSR count). The molecule has 0 saturated heterocycles. The number of nitrogens with one attached hydrogen (secondary N) is 2. The van der Waals surface area contributed by atoms with E-state index in [9.17, 15) is 14.7 Å². The van der Waals surface area contributed by atoms with Crippen LogP contribution in [0.25, 0.3) is 5.57 Å². The Balaban J connectivity index is 1.22. The first-order valence-corrected chi connectivity index (χ1v) is 18.7. The Labute approximate surface area is 294 Å². The van der Waals surface area contributed by atoms with Crippen LogP contribution in [0.1, 0.15) is 120 Å². The van der Waals surface area contributed by atoms with Crippen molar-refractivity contribution in [3.8, 4) is 11.5 Å². The fourth-order valence-corrected chi connectivity index (χ4v) is 8.72. The molecule has 0 spiro atoms. The third kappa shape index (κ3) is 5.91. The maximum absolute atomic E-state index is 13.3. The van der Waals surface area contributed by atoms with E-state index in [0.717, 1.165) is 124 Å². The smallest absolute Gasteiger partial charge is 0.251 e. The molecule has 5 aliphatic heterocycles. The summed E-state index contributed by atoms with van der Waals surface area (Å²) in [5.74, 6) is 0.127. The third-order valence-corrected chi connectivity index (χ3v) is 10.9. The fourth-order valence-electron chi connectivity index (χ4n) is 8.72. The molecule has 2 N–H and O–H groups in total. The van der Waals surface area contributed by atoms with Crippen molar-refractivity contribution in [3.63, 3.8) is 0 Å². The van der Waals surface area contributed by atoms with E-state index in [1.807, 2.05) is 6.07 Å². The number of carbonyl (C=O) groups is 2. The first-order valence-electron chi connectivity index (χ1n) is 18.7. The number of hydrogen-bond donors (Lipinski definition) is 2. The quantitative estimate of drug-likeness (QED) is 0.201. The molecule has 8 heteroatoms. The van der Waals surface area contributed by atoms with Crippen molar-refractivity contribution >= 4 is 23.1 Å². The molecule has 1 amide bonds. The van der Waals surface area contributed by atoms with E-state index < -0.39 is 5.97 Å². The lowest BCUT2D eigenvalue weighted by Gasteiger charge is -2.39. The molecule has 1 aromatic heterocycles. The molecule has 0 unspecified atom stereocenters. The van der Waals surface area contributed by atoms with E-state index in [1.54, 1.807) is 6.07 Å². The van der Waals surface area contributed by atoms with Gasteiger partial charge in [-0.2, -0.15) is 4.24 Å². The number of ether oxygens (including phenoxy) is 1. The van der Waals surface area contributed by atoms with Crippen LogP contribution in [0.5, 0.6) is 11.5 Å². The number of pyridine rings is 1. The average Bonchev–Trinajstić information content (AvgIpc) is 3.10. The van der Waals surface area contributed by atoms with E-state index in [-0.39, 0.29) is 17.0 Å². The molecule has 0 radical (unpaired) electrons. The first-order chi connectivity index (χ1) is 24.2. The summed E-state index contributed by atoms with van der Waals surface area (Å²) in [6.07, 6.45) is 15.2. The zero-order valence-electron chi connectivity index (χ0n) is 29.7. The highest BCUT2D eigenvalue weighted by Crippen LogP contribution is 2.48. The highest BCUT2D eigenvalue weighted by molar-refractivity contribution is 6.02. The van der Waals surface area contributed by atoms with Gasteiger partial charge in [0.2, 0.25) is 11.4 Å². The summed E-state index contributed by atoms with van der Waals surface area (Å²) < 4.78 is 9.48. The Bertz CT molecular complexity index is 2070. The number of unbranched alkanes of at least 4 members (excludes halogenated alkanes) is 2. The van der Waals surface area contributed by atoms with E-state index in [2.05, 4.69) is 64.8 Å². The number of aromatic nitrogens is 1. The third-order valence-electron chi connectivity index (χ3n) is 10.9. The molecule has 0 fully saturated rings. The standard InChI is InChI=1S/C42H48N4O4/c1-42(2,3)44-20-6-4-5-19-43-40(47)27-17-18-30(32(24-27)41(48)49)36-33-23-26-11-9-21-45-22-10-15-31(37(26)45)38(33)50-39-34(36)25-29-14-7-12-28-13-8-16-35(39)46(28)29/h7,12,17-18,23-25,44H,4-6,8-11,13-16,19-22H2,1-3H3,(H-,43,47,48,49). The molecule has 50 heavy (non-hydrogen) atoms. The molecular weight excluding hydrogens is 624 g/mol. The van der Waals surface area contributed by atoms with Crippen LogP contribution in [0.15, 0.2) is 42.5 Å². The number of amides is 1. The lowest BCUT2D eigenvalue weighted by molar-refractivity contribution is -0.546. The van der Waals surface area contributed by atoms with Crippen molar-refractivity contribution in [3.05, 3.63) is 98.2 Å². The number of benzene rings is 2. The lowest BCUT2D eigenvalue weighted by atomic mass is 9.82. The molecule has 6 heterocycles. The van der Waals surface area contributed by atoms with Crippen molar-refractivity contribution in [2.75, 3.05) is 31.1 Å². The number of aromatic carboxylic acids is 1. The number of carboxylic acid groups (broad SMARTS) is 1. The maximum atomic E-state index is 13.3. The van der Waals surface area contributed by atoms with E-state index in [1.165, 1.54) is 34.3 Å². The van der Waals surface area contributed by atoms with Gasteiger partial charge in [0.25, 0.3) is 5.91 Å². The Hall–Kier alpha value is -4.43. The fraction of sp³-hybridized carbons (Fsp3) is 0.452. The maximum Gasteiger partial charge on any atom is 0.251 e. The van der Waals surface area contributed by atoms with Gasteiger partial charge < -0.3 is 30.2 Å². The number of nitrogens with zero attached hydrogens (tertiary/aromatic N) is 2. The van der Waals surface area contributed by atoms with Gasteiger partial charge in [-0.3, -0.25) is 4.79 Å². The number of fused-ring (bicyclic) bond motifs is 4. The Morgan fingerprint density at radius 1 is 0.920 bits per heavy atom. The van der Waals surface area contributed by atoms with Crippen LogP contribution in [-0.4, -0.2) is 43.6 Å². The van der Waals surface area contributed by atoms with Gasteiger partial charge in [-0.25, -0.2) is 0 Å². The largest absolute Gasteiger partial charge is 0.545 e. The predicted octanol–water partition coefficient (Wildman–Crippen LogP) is 4.51. The van der Waals surface area contributed by atoms with Gasteiger partial charge in [0.05, 0.1) is 12.4 Å². The number of hydrogen-bond acceptors (Lipinski definition) is 6. The second-order valence-corrected chi connectivity index (χ2v) is 15.6. The monoisotopic (exact) mass is 672 g/mol. The normalized spacial score (nSPS) is 17.0. The van der Waals surface area contributed by atoms with E-state index >= 15 is 0 Å². The first kappa shape index (κ1) is 32.8. The molecule has 5 aliphatic rings. The molecule has 0 aliphatic carbocycles. The Morgan fingerprint density at radius 3 is 2.56 bits per heavy atom. The summed E-state index contributed by atoms with van der Waals surface area (Å²) >= 11 is 0. The lowest BCUT2D eigenvalue weighted by Crippen LogP contribution is -2.41. The molecule has 3 aromatic rings. The number of carboxylic acids is 1. The van der Waals surface area contributed by atoms with Crippen LogP contribution in [-0.2, 0) is 25.7 Å². The highest BCUT2D eigenvalue weighted by atomic mass is 16.5. The Kier molecular flexibility index (Phi) is 8.54. The molecule has 2 aromatic carbocycles. The van der Waals surface area contributed by atoms with Crippen LogP contribution in [0.4, 0.5) is 5.69 Å². The molecule has 0 atom stereocenters. The molecule has 0 saturated carbocycles. The van der Waals surface area contributed by atoms with Gasteiger partial charge in [0.1, 0.15) is 5.75 Å². The minimum atomic E-state index is -1.29. The van der Waals surface area contributed by atoms with Crippen molar-refractivity contribution < 1.29 is 23.7 Å². The van der Waals surface area contributed by atoms with Crippen LogP contribution in [0.2, 0.25) is 0 Å². The van der Waals surface area contributed by atoms with E-state index in [4.69, 9.17) is 4.74 Å². The van der Waals surface area contributed by atoms with Crippen LogP contribution in [0, 0.1) is 5.71 Å². The average molecular weight is 673 g/mol. The highest BCUT2D eigenvalue weighted by Gasteiger charge is 2.37. The minimum Gasteiger partial charge on any atom is -0.545 e. The molecule has 0 bridgehead atoms. The summed E-state index contributed by atoms with van der Waals surface area (Å²) in [4.78, 5) is 28.8. The topological polar surface area (TPSA) is 99.6 Å². The summed E-state index contributed by atoms with van der Waals surface area (Å²) in [6, 6.07) is 9.56. The predicted molar refractivity (Wildman–Crippen MR) is 192 cm³/mol. The molecule has 8 nitrogen and oxygen atoms in total.